The summed E-state index contributed by atoms with van der Waals surface area (Å²) < 4.78 is 0.965. The van der Waals surface area contributed by atoms with Crippen molar-refractivity contribution in [2.75, 3.05) is 13.2 Å². The summed E-state index contributed by atoms with van der Waals surface area (Å²) >= 11 is 9.42. The second-order valence-corrected chi connectivity index (χ2v) is 5.49. The van der Waals surface area contributed by atoms with Gasteiger partial charge in [-0.05, 0) is 36.2 Å². The summed E-state index contributed by atoms with van der Waals surface area (Å²) in [6, 6.07) is 5.53. The fourth-order valence-corrected chi connectivity index (χ4v) is 2.14. The summed E-state index contributed by atoms with van der Waals surface area (Å²) in [5, 5.41) is 13.4. The molecule has 0 radical (unpaired) electrons. The zero-order valence-corrected chi connectivity index (χ0v) is 11.8. The lowest BCUT2D eigenvalue weighted by Crippen LogP contribution is -2.28. The van der Waals surface area contributed by atoms with Crippen molar-refractivity contribution in [2.45, 2.75) is 19.9 Å². The topological polar surface area (TPSA) is 32.3 Å². The Morgan fingerprint density at radius 2 is 2.12 bits per heavy atom. The van der Waals surface area contributed by atoms with E-state index in [0.717, 1.165) is 16.6 Å². The smallest absolute Gasteiger partial charge is 0.0626 e. The highest BCUT2D eigenvalue weighted by molar-refractivity contribution is 9.10. The summed E-state index contributed by atoms with van der Waals surface area (Å²) in [6.07, 6.45) is 0. The molecule has 16 heavy (non-hydrogen) atoms. The van der Waals surface area contributed by atoms with Gasteiger partial charge in [0.15, 0.2) is 0 Å². The molecule has 1 atom stereocenters. The van der Waals surface area contributed by atoms with E-state index in [-0.39, 0.29) is 12.6 Å². The first-order valence-electron chi connectivity index (χ1n) is 5.33. The summed E-state index contributed by atoms with van der Waals surface area (Å²) in [5.41, 5.74) is 0.996. The van der Waals surface area contributed by atoms with E-state index >= 15 is 0 Å². The van der Waals surface area contributed by atoms with Gasteiger partial charge in [0.05, 0.1) is 12.6 Å². The fourth-order valence-electron chi connectivity index (χ4n) is 1.43. The van der Waals surface area contributed by atoms with E-state index in [1.54, 1.807) is 0 Å². The summed E-state index contributed by atoms with van der Waals surface area (Å²) in [5.74, 6) is 0.548. The Morgan fingerprint density at radius 1 is 1.44 bits per heavy atom. The molecule has 0 aliphatic carbocycles. The lowest BCUT2D eigenvalue weighted by molar-refractivity contribution is 0.240. The van der Waals surface area contributed by atoms with Crippen LogP contribution in [0.15, 0.2) is 22.7 Å². The first kappa shape index (κ1) is 14.0. The summed E-state index contributed by atoms with van der Waals surface area (Å²) in [4.78, 5) is 0. The predicted octanol–water partition coefficient (Wildman–Crippen LogP) is 3.38. The molecular formula is C12H17BrClNO. The molecule has 0 saturated carbocycles. The van der Waals surface area contributed by atoms with Crippen molar-refractivity contribution in [3.05, 3.63) is 33.3 Å². The molecule has 1 aromatic carbocycles. The molecule has 0 heterocycles. The highest BCUT2D eigenvalue weighted by Crippen LogP contribution is 2.26. The summed E-state index contributed by atoms with van der Waals surface area (Å²) in [7, 11) is 0. The van der Waals surface area contributed by atoms with Crippen LogP contribution in [0.4, 0.5) is 0 Å². The third-order valence-electron chi connectivity index (χ3n) is 2.29. The zero-order valence-electron chi connectivity index (χ0n) is 9.50. The zero-order chi connectivity index (χ0) is 12.1. The van der Waals surface area contributed by atoms with Crippen molar-refractivity contribution >= 4 is 27.5 Å². The van der Waals surface area contributed by atoms with Crippen LogP contribution in [-0.4, -0.2) is 18.3 Å². The van der Waals surface area contributed by atoms with Gasteiger partial charge in [0.1, 0.15) is 0 Å². The van der Waals surface area contributed by atoms with Crippen molar-refractivity contribution in [1.29, 1.82) is 0 Å². The molecule has 1 rings (SSSR count). The van der Waals surface area contributed by atoms with Gasteiger partial charge < -0.3 is 10.4 Å². The molecule has 0 spiro atoms. The first-order chi connectivity index (χ1) is 7.54. The largest absolute Gasteiger partial charge is 0.394 e. The third kappa shape index (κ3) is 4.06. The third-order valence-corrected chi connectivity index (χ3v) is 3.25. The summed E-state index contributed by atoms with van der Waals surface area (Å²) in [6.45, 7) is 5.19. The molecule has 0 aliphatic rings. The molecule has 2 nitrogen and oxygen atoms in total. The minimum atomic E-state index is -0.0736. The molecule has 90 valence electrons. The van der Waals surface area contributed by atoms with Gasteiger partial charge in [-0.1, -0.05) is 41.4 Å². The molecule has 1 aromatic rings. The van der Waals surface area contributed by atoms with Gasteiger partial charge in [-0.25, -0.2) is 0 Å². The van der Waals surface area contributed by atoms with Gasteiger partial charge >= 0.3 is 0 Å². The monoisotopic (exact) mass is 305 g/mol. The predicted molar refractivity (Wildman–Crippen MR) is 71.8 cm³/mol. The Bertz CT molecular complexity index is 344. The Balaban J connectivity index is 2.81. The number of hydrogen-bond acceptors (Lipinski definition) is 2. The van der Waals surface area contributed by atoms with Gasteiger partial charge in [0.25, 0.3) is 0 Å². The van der Waals surface area contributed by atoms with E-state index in [1.165, 1.54) is 0 Å². The van der Waals surface area contributed by atoms with E-state index in [2.05, 4.69) is 35.1 Å². The second-order valence-electron chi connectivity index (χ2n) is 4.20. The Kier molecular flexibility index (Phi) is 5.76. The van der Waals surface area contributed by atoms with E-state index in [0.29, 0.717) is 10.9 Å². The molecule has 0 aliphatic heterocycles. The van der Waals surface area contributed by atoms with Gasteiger partial charge in [-0.2, -0.15) is 0 Å². The van der Waals surface area contributed by atoms with Crippen molar-refractivity contribution in [1.82, 2.24) is 5.32 Å². The number of rotatable bonds is 5. The van der Waals surface area contributed by atoms with Crippen LogP contribution in [0.25, 0.3) is 0 Å². The van der Waals surface area contributed by atoms with Gasteiger partial charge in [0, 0.05) is 9.50 Å². The molecule has 4 heteroatoms. The standard InChI is InChI=1S/C12H17BrClNO/c1-8(2)6-15-12(7-16)10-5-9(14)3-4-11(10)13/h3-5,8,12,15-16H,6-7H2,1-2H3. The van der Waals surface area contributed by atoms with Crippen molar-refractivity contribution in [3.8, 4) is 0 Å². The molecule has 0 aromatic heterocycles. The number of nitrogens with one attached hydrogen (secondary N) is 1. The van der Waals surface area contributed by atoms with E-state index in [1.807, 2.05) is 18.2 Å². The fraction of sp³-hybridized carbons (Fsp3) is 0.500. The molecule has 2 N–H and O–H groups in total. The van der Waals surface area contributed by atoms with Crippen molar-refractivity contribution in [2.24, 2.45) is 5.92 Å². The Morgan fingerprint density at radius 3 is 2.69 bits per heavy atom. The van der Waals surface area contributed by atoms with Gasteiger partial charge in [0.2, 0.25) is 0 Å². The highest BCUT2D eigenvalue weighted by Gasteiger charge is 2.13. The van der Waals surface area contributed by atoms with Gasteiger partial charge in [-0.15, -0.1) is 0 Å². The van der Waals surface area contributed by atoms with Crippen molar-refractivity contribution < 1.29 is 5.11 Å². The molecule has 0 bridgehead atoms. The lowest BCUT2D eigenvalue weighted by Gasteiger charge is -2.19. The Hall–Kier alpha value is -0.0900. The average Bonchev–Trinajstić information content (AvgIpc) is 2.23. The van der Waals surface area contributed by atoms with Crippen LogP contribution in [0.2, 0.25) is 5.02 Å². The van der Waals surface area contributed by atoms with Crippen LogP contribution in [0, 0.1) is 5.92 Å². The second kappa shape index (κ2) is 6.60. The number of benzene rings is 1. The van der Waals surface area contributed by atoms with Crippen molar-refractivity contribution in [3.63, 3.8) is 0 Å². The quantitative estimate of drug-likeness (QED) is 0.874. The molecule has 0 amide bonds. The molecule has 0 fully saturated rings. The highest BCUT2D eigenvalue weighted by atomic mass is 79.9. The average molecular weight is 307 g/mol. The van der Waals surface area contributed by atoms with E-state index in [9.17, 15) is 5.11 Å². The molecule has 1 unspecified atom stereocenters. The van der Waals surface area contributed by atoms with E-state index < -0.39 is 0 Å². The van der Waals surface area contributed by atoms with Crippen LogP contribution in [0.3, 0.4) is 0 Å². The maximum absolute atomic E-state index is 9.38. The number of halogens is 2. The maximum Gasteiger partial charge on any atom is 0.0626 e. The normalized spacial score (nSPS) is 13.1. The number of aliphatic hydroxyl groups is 1. The van der Waals surface area contributed by atoms with E-state index in [4.69, 9.17) is 11.6 Å². The molecular weight excluding hydrogens is 289 g/mol. The van der Waals surface area contributed by atoms with Crippen LogP contribution in [0.1, 0.15) is 25.5 Å². The minimum absolute atomic E-state index is 0.0612. The number of aliphatic hydroxyl groups excluding tert-OH is 1. The number of hydrogen-bond donors (Lipinski definition) is 2. The first-order valence-corrected chi connectivity index (χ1v) is 6.51. The minimum Gasteiger partial charge on any atom is -0.394 e. The van der Waals surface area contributed by atoms with Gasteiger partial charge in [-0.3, -0.25) is 0 Å². The Labute approximate surface area is 110 Å². The lowest BCUT2D eigenvalue weighted by atomic mass is 10.1. The maximum atomic E-state index is 9.38. The van der Waals surface area contributed by atoms with Crippen LogP contribution >= 0.6 is 27.5 Å². The molecule has 0 saturated heterocycles. The van der Waals surface area contributed by atoms with Crippen LogP contribution in [0.5, 0.6) is 0 Å². The SMILES string of the molecule is CC(C)CNC(CO)c1cc(Cl)ccc1Br. The van der Waals surface area contributed by atoms with Crippen LogP contribution < -0.4 is 5.32 Å². The van der Waals surface area contributed by atoms with Crippen LogP contribution in [-0.2, 0) is 0 Å².